The van der Waals surface area contributed by atoms with Gasteiger partial charge in [-0.25, -0.2) is 10.4 Å². The molecule has 1 amide bonds. The Morgan fingerprint density at radius 1 is 0.974 bits per heavy atom. The second-order valence-corrected chi connectivity index (χ2v) is 11.4. The predicted octanol–water partition coefficient (Wildman–Crippen LogP) is 7.43. The minimum atomic E-state index is -0.193. The Kier molecular flexibility index (Phi) is 7.25. The number of thioether (sulfide) groups is 1. The number of aryl methyl sites for hydroxylation is 1. The second-order valence-electron chi connectivity index (χ2n) is 9.16. The van der Waals surface area contributed by atoms with Crippen LogP contribution < -0.4 is 10.2 Å². The number of carbonyl (C=O) groups is 1. The van der Waals surface area contributed by atoms with Crippen molar-refractivity contribution >= 4 is 51.2 Å². The van der Waals surface area contributed by atoms with Gasteiger partial charge in [-0.05, 0) is 30.7 Å². The van der Waals surface area contributed by atoms with Crippen LogP contribution in [-0.2, 0) is 4.79 Å². The van der Waals surface area contributed by atoms with Crippen LogP contribution in [0.4, 0.5) is 0 Å². The zero-order valence-electron chi connectivity index (χ0n) is 21.2. The van der Waals surface area contributed by atoms with Gasteiger partial charge in [0.05, 0.1) is 22.2 Å². The lowest BCUT2D eigenvalue weighted by molar-refractivity contribution is -0.118. The molecule has 0 saturated carbocycles. The Morgan fingerprint density at radius 2 is 1.72 bits per heavy atom. The van der Waals surface area contributed by atoms with E-state index in [1.54, 1.807) is 17.6 Å². The van der Waals surface area contributed by atoms with Crippen LogP contribution in [0.1, 0.15) is 28.2 Å². The van der Waals surface area contributed by atoms with Crippen LogP contribution in [0.2, 0.25) is 0 Å². The van der Waals surface area contributed by atoms with Gasteiger partial charge in [0.2, 0.25) is 0 Å². The first kappa shape index (κ1) is 25.1. The topological polar surface area (TPSA) is 63.6 Å². The molecule has 2 heterocycles. The summed E-state index contributed by atoms with van der Waals surface area (Å²) >= 11 is 3.00. The standard InChI is InChI=1S/C32H25N3O2S2/c1-21-15-17-22(18-16-21)30-24-11-5-7-13-27(24)37-31(23-9-3-2-4-10-23)25(30)19-33-35-29(36)20-38-32-34-26-12-6-8-14-28(26)39-32/h2-19,30H,20H2,1H3,(H,35,36)/t30-/m0/s1. The Balaban J connectivity index is 1.29. The lowest BCUT2D eigenvalue weighted by atomic mass is 9.81. The molecule has 1 aliphatic heterocycles. The Morgan fingerprint density at radius 3 is 2.54 bits per heavy atom. The van der Waals surface area contributed by atoms with E-state index >= 15 is 0 Å². The van der Waals surface area contributed by atoms with Crippen LogP contribution in [0.25, 0.3) is 16.0 Å². The number of rotatable bonds is 7. The summed E-state index contributed by atoms with van der Waals surface area (Å²) in [4.78, 5) is 17.3. The molecule has 7 heteroatoms. The zero-order valence-corrected chi connectivity index (χ0v) is 22.8. The molecule has 0 saturated heterocycles. The number of fused-ring (bicyclic) bond motifs is 2. The van der Waals surface area contributed by atoms with E-state index in [1.165, 1.54) is 17.3 Å². The number of allylic oxidation sites excluding steroid dienone is 1. The van der Waals surface area contributed by atoms with E-state index in [1.807, 2.05) is 72.8 Å². The summed E-state index contributed by atoms with van der Waals surface area (Å²) in [7, 11) is 0. The molecule has 0 bridgehead atoms. The molecular weight excluding hydrogens is 523 g/mol. The molecule has 5 aromatic rings. The molecule has 4 aromatic carbocycles. The third kappa shape index (κ3) is 5.50. The molecule has 1 aromatic heterocycles. The Labute approximate surface area is 235 Å². The fourth-order valence-electron chi connectivity index (χ4n) is 4.59. The minimum absolute atomic E-state index is 0.108. The molecule has 192 valence electrons. The number of hydrogen-bond acceptors (Lipinski definition) is 6. The maximum atomic E-state index is 12.7. The van der Waals surface area contributed by atoms with Crippen molar-refractivity contribution in [3.05, 3.63) is 131 Å². The molecular formula is C32H25N3O2S2. The fourth-order valence-corrected chi connectivity index (χ4v) is 6.45. The van der Waals surface area contributed by atoms with Crippen molar-refractivity contribution < 1.29 is 9.53 Å². The SMILES string of the molecule is Cc1ccc([C@@H]2C(C=NNC(=O)CSc3nc4ccccc4s3)=C(c3ccccc3)Oc3ccccc32)cc1. The van der Waals surface area contributed by atoms with Crippen LogP contribution in [0.3, 0.4) is 0 Å². The Bertz CT molecular complexity index is 1660. The average molecular weight is 548 g/mol. The van der Waals surface area contributed by atoms with Gasteiger partial charge in [-0.1, -0.05) is 102 Å². The molecule has 5 nitrogen and oxygen atoms in total. The maximum absolute atomic E-state index is 12.7. The number of nitrogens with one attached hydrogen (secondary N) is 1. The van der Waals surface area contributed by atoms with Gasteiger partial charge in [0, 0.05) is 22.6 Å². The van der Waals surface area contributed by atoms with Crippen LogP contribution in [0, 0.1) is 6.92 Å². The number of hydrazone groups is 1. The van der Waals surface area contributed by atoms with Crippen LogP contribution in [0.15, 0.2) is 118 Å². The highest BCUT2D eigenvalue weighted by Crippen LogP contribution is 2.45. The van der Waals surface area contributed by atoms with Gasteiger partial charge in [0.25, 0.3) is 5.91 Å². The number of carbonyl (C=O) groups excluding carboxylic acids is 1. The summed E-state index contributed by atoms with van der Waals surface area (Å²) in [6.07, 6.45) is 1.73. The van der Waals surface area contributed by atoms with E-state index in [2.05, 4.69) is 52.8 Å². The molecule has 0 fully saturated rings. The summed E-state index contributed by atoms with van der Waals surface area (Å²) in [5.41, 5.74) is 8.86. The molecule has 0 aliphatic carbocycles. The summed E-state index contributed by atoms with van der Waals surface area (Å²) in [6, 6.07) is 34.6. The van der Waals surface area contributed by atoms with Gasteiger partial charge in [-0.15, -0.1) is 11.3 Å². The summed E-state index contributed by atoms with van der Waals surface area (Å²) < 4.78 is 8.43. The van der Waals surface area contributed by atoms with Gasteiger partial charge in [0.15, 0.2) is 4.34 Å². The number of amides is 1. The lowest BCUT2D eigenvalue weighted by Gasteiger charge is -2.30. The Hall–Kier alpha value is -4.20. The van der Waals surface area contributed by atoms with E-state index in [0.29, 0.717) is 0 Å². The van der Waals surface area contributed by atoms with Gasteiger partial charge < -0.3 is 4.74 Å². The van der Waals surface area contributed by atoms with Crippen molar-refractivity contribution in [3.63, 3.8) is 0 Å². The van der Waals surface area contributed by atoms with E-state index in [-0.39, 0.29) is 17.6 Å². The average Bonchev–Trinajstić information content (AvgIpc) is 3.40. The molecule has 0 spiro atoms. The van der Waals surface area contributed by atoms with Crippen molar-refractivity contribution in [2.75, 3.05) is 5.75 Å². The zero-order chi connectivity index (χ0) is 26.6. The molecule has 1 atom stereocenters. The smallest absolute Gasteiger partial charge is 0.250 e. The number of nitrogens with zero attached hydrogens (tertiary/aromatic N) is 2. The highest BCUT2D eigenvalue weighted by molar-refractivity contribution is 8.01. The molecule has 1 N–H and O–H groups in total. The number of para-hydroxylation sites is 2. The molecule has 0 radical (unpaired) electrons. The monoisotopic (exact) mass is 547 g/mol. The van der Waals surface area contributed by atoms with Gasteiger partial charge in [-0.2, -0.15) is 5.10 Å². The van der Waals surface area contributed by atoms with Gasteiger partial charge in [-0.3, -0.25) is 4.79 Å². The number of benzene rings is 4. The van der Waals surface area contributed by atoms with Crippen molar-refractivity contribution in [2.24, 2.45) is 5.10 Å². The molecule has 6 rings (SSSR count). The first-order chi connectivity index (χ1) is 19.2. The largest absolute Gasteiger partial charge is 0.456 e. The normalized spacial score (nSPS) is 14.8. The number of hydrogen-bond donors (Lipinski definition) is 1. The van der Waals surface area contributed by atoms with E-state index < -0.39 is 0 Å². The highest BCUT2D eigenvalue weighted by Gasteiger charge is 2.30. The summed E-state index contributed by atoms with van der Waals surface area (Å²) in [5, 5.41) is 4.40. The molecule has 1 aliphatic rings. The lowest BCUT2D eigenvalue weighted by Crippen LogP contribution is -2.22. The first-order valence-electron chi connectivity index (χ1n) is 12.6. The second kappa shape index (κ2) is 11.3. The van der Waals surface area contributed by atoms with E-state index in [9.17, 15) is 4.79 Å². The van der Waals surface area contributed by atoms with Crippen molar-refractivity contribution in [1.29, 1.82) is 0 Å². The maximum Gasteiger partial charge on any atom is 0.250 e. The third-order valence-corrected chi connectivity index (χ3v) is 8.64. The van der Waals surface area contributed by atoms with Crippen molar-refractivity contribution in [1.82, 2.24) is 10.4 Å². The third-order valence-electron chi connectivity index (χ3n) is 6.46. The van der Waals surface area contributed by atoms with Crippen LogP contribution in [-0.4, -0.2) is 22.9 Å². The molecule has 39 heavy (non-hydrogen) atoms. The number of aromatic nitrogens is 1. The number of ether oxygens (including phenoxy) is 1. The van der Waals surface area contributed by atoms with Gasteiger partial charge in [0.1, 0.15) is 11.5 Å². The van der Waals surface area contributed by atoms with Crippen molar-refractivity contribution in [2.45, 2.75) is 17.2 Å². The fraction of sp³-hybridized carbons (Fsp3) is 0.0938. The quantitative estimate of drug-likeness (QED) is 0.131. The highest BCUT2D eigenvalue weighted by atomic mass is 32.2. The summed E-state index contributed by atoms with van der Waals surface area (Å²) in [5.74, 6) is 1.46. The van der Waals surface area contributed by atoms with Gasteiger partial charge >= 0.3 is 0 Å². The first-order valence-corrected chi connectivity index (χ1v) is 14.4. The minimum Gasteiger partial charge on any atom is -0.456 e. The van der Waals surface area contributed by atoms with Crippen molar-refractivity contribution in [3.8, 4) is 5.75 Å². The summed E-state index contributed by atoms with van der Waals surface area (Å²) in [6.45, 7) is 2.08. The number of thiazole rings is 1. The van der Waals surface area contributed by atoms with E-state index in [4.69, 9.17) is 4.74 Å². The van der Waals surface area contributed by atoms with E-state index in [0.717, 1.165) is 48.3 Å². The predicted molar refractivity (Wildman–Crippen MR) is 160 cm³/mol. The van der Waals surface area contributed by atoms with Crippen LogP contribution in [0.5, 0.6) is 5.75 Å². The molecule has 0 unspecified atom stereocenters. The van der Waals surface area contributed by atoms with Crippen LogP contribution >= 0.6 is 23.1 Å².